The standard InChI is InChI=1S/C14H21N3O/c1-2-10-3-4-13(9-10)16-11-5-7-12(8-6-11)17-14(15)18/h5-8,10,13,16H,2-4,9H2,1H3,(H3,15,17,18). The van der Waals surface area contributed by atoms with Gasteiger partial charge in [-0.15, -0.1) is 0 Å². The molecule has 0 bridgehead atoms. The molecule has 4 N–H and O–H groups in total. The van der Waals surface area contributed by atoms with E-state index in [9.17, 15) is 4.79 Å². The van der Waals surface area contributed by atoms with Gasteiger partial charge in [-0.1, -0.05) is 13.3 Å². The van der Waals surface area contributed by atoms with Crippen molar-refractivity contribution in [3.8, 4) is 0 Å². The number of benzene rings is 1. The minimum absolute atomic E-state index is 0.530. The number of hydrogen-bond acceptors (Lipinski definition) is 2. The van der Waals surface area contributed by atoms with Gasteiger partial charge in [0.25, 0.3) is 0 Å². The molecule has 2 amide bonds. The summed E-state index contributed by atoms with van der Waals surface area (Å²) in [7, 11) is 0. The average Bonchev–Trinajstić information content (AvgIpc) is 2.79. The number of carbonyl (C=O) groups excluding carboxylic acids is 1. The van der Waals surface area contributed by atoms with Crippen molar-refractivity contribution >= 4 is 17.4 Å². The summed E-state index contributed by atoms with van der Waals surface area (Å²) in [6, 6.07) is 7.73. The van der Waals surface area contributed by atoms with Gasteiger partial charge in [0.2, 0.25) is 0 Å². The number of nitrogens with two attached hydrogens (primary N) is 1. The van der Waals surface area contributed by atoms with Crippen LogP contribution in [0.1, 0.15) is 32.6 Å². The van der Waals surface area contributed by atoms with Crippen molar-refractivity contribution in [1.82, 2.24) is 0 Å². The summed E-state index contributed by atoms with van der Waals surface area (Å²) in [6.07, 6.45) is 5.12. The van der Waals surface area contributed by atoms with Crippen LogP contribution in [-0.2, 0) is 0 Å². The van der Waals surface area contributed by atoms with Crippen LogP contribution in [-0.4, -0.2) is 12.1 Å². The van der Waals surface area contributed by atoms with Crippen molar-refractivity contribution in [2.75, 3.05) is 10.6 Å². The van der Waals surface area contributed by atoms with E-state index < -0.39 is 6.03 Å². The molecule has 0 heterocycles. The first-order valence-corrected chi connectivity index (χ1v) is 6.60. The van der Waals surface area contributed by atoms with Crippen LogP contribution in [0.5, 0.6) is 0 Å². The summed E-state index contributed by atoms with van der Waals surface area (Å²) in [5.41, 5.74) is 6.89. The Hall–Kier alpha value is -1.71. The number of primary amides is 1. The number of carbonyl (C=O) groups is 1. The molecule has 0 aliphatic heterocycles. The molecule has 0 saturated heterocycles. The molecule has 18 heavy (non-hydrogen) atoms. The first-order valence-electron chi connectivity index (χ1n) is 6.60. The van der Waals surface area contributed by atoms with Crippen molar-refractivity contribution < 1.29 is 4.79 Å². The molecule has 1 aliphatic carbocycles. The number of urea groups is 1. The predicted molar refractivity (Wildman–Crippen MR) is 74.7 cm³/mol. The molecule has 98 valence electrons. The maximum Gasteiger partial charge on any atom is 0.316 e. The topological polar surface area (TPSA) is 67.2 Å². The maximum absolute atomic E-state index is 10.7. The number of hydrogen-bond donors (Lipinski definition) is 3. The smallest absolute Gasteiger partial charge is 0.316 e. The Bertz CT molecular complexity index is 402. The number of amides is 2. The molecule has 0 radical (unpaired) electrons. The van der Waals surface area contributed by atoms with Gasteiger partial charge in [-0.3, -0.25) is 0 Å². The monoisotopic (exact) mass is 247 g/mol. The van der Waals surface area contributed by atoms with Gasteiger partial charge in [0, 0.05) is 17.4 Å². The number of rotatable bonds is 4. The fourth-order valence-corrected chi connectivity index (χ4v) is 2.60. The van der Waals surface area contributed by atoms with Gasteiger partial charge >= 0.3 is 6.03 Å². The van der Waals surface area contributed by atoms with Gasteiger partial charge in [0.05, 0.1) is 0 Å². The number of anilines is 2. The molecule has 4 heteroatoms. The molecule has 2 rings (SSSR count). The van der Waals surface area contributed by atoms with E-state index >= 15 is 0 Å². The zero-order valence-electron chi connectivity index (χ0n) is 10.8. The van der Waals surface area contributed by atoms with Gasteiger partial charge in [-0.25, -0.2) is 4.79 Å². The Balaban J connectivity index is 1.88. The Kier molecular flexibility index (Phi) is 4.07. The van der Waals surface area contributed by atoms with Crippen LogP contribution >= 0.6 is 0 Å². The average molecular weight is 247 g/mol. The third-order valence-electron chi connectivity index (χ3n) is 3.64. The van der Waals surface area contributed by atoms with E-state index in [1.807, 2.05) is 24.3 Å². The van der Waals surface area contributed by atoms with Gasteiger partial charge < -0.3 is 16.4 Å². The lowest BCUT2D eigenvalue weighted by atomic mass is 10.1. The van der Waals surface area contributed by atoms with Crippen molar-refractivity contribution in [3.63, 3.8) is 0 Å². The highest BCUT2D eigenvalue weighted by Gasteiger charge is 2.22. The largest absolute Gasteiger partial charge is 0.382 e. The SMILES string of the molecule is CCC1CCC(Nc2ccc(NC(N)=O)cc2)C1. The fraction of sp³-hybridized carbons (Fsp3) is 0.500. The minimum atomic E-state index is -0.530. The van der Waals surface area contributed by atoms with Crippen LogP contribution in [0, 0.1) is 5.92 Å². The Morgan fingerprint density at radius 2 is 1.94 bits per heavy atom. The second-order valence-corrected chi connectivity index (χ2v) is 5.00. The van der Waals surface area contributed by atoms with Crippen molar-refractivity contribution in [1.29, 1.82) is 0 Å². The highest BCUT2D eigenvalue weighted by molar-refractivity contribution is 5.87. The van der Waals surface area contributed by atoms with Crippen molar-refractivity contribution in [2.45, 2.75) is 38.6 Å². The van der Waals surface area contributed by atoms with Crippen LogP contribution in [0.25, 0.3) is 0 Å². The molecule has 2 atom stereocenters. The van der Waals surface area contributed by atoms with Crippen molar-refractivity contribution in [3.05, 3.63) is 24.3 Å². The van der Waals surface area contributed by atoms with Crippen LogP contribution < -0.4 is 16.4 Å². The van der Waals surface area contributed by atoms with Gasteiger partial charge in [0.1, 0.15) is 0 Å². The third-order valence-corrected chi connectivity index (χ3v) is 3.64. The maximum atomic E-state index is 10.7. The van der Waals surface area contributed by atoms with E-state index in [-0.39, 0.29) is 0 Å². The highest BCUT2D eigenvalue weighted by atomic mass is 16.2. The molecule has 0 aromatic heterocycles. The van der Waals surface area contributed by atoms with E-state index in [0.717, 1.165) is 17.3 Å². The van der Waals surface area contributed by atoms with Gasteiger partial charge in [-0.05, 0) is 49.4 Å². The van der Waals surface area contributed by atoms with E-state index in [2.05, 4.69) is 17.6 Å². The summed E-state index contributed by atoms with van der Waals surface area (Å²) in [4.78, 5) is 10.7. The summed E-state index contributed by atoms with van der Waals surface area (Å²) in [5, 5.41) is 6.09. The predicted octanol–water partition coefficient (Wildman–Crippen LogP) is 3.17. The zero-order valence-corrected chi connectivity index (χ0v) is 10.8. The minimum Gasteiger partial charge on any atom is -0.382 e. The van der Waals surface area contributed by atoms with E-state index in [4.69, 9.17) is 5.73 Å². The number of nitrogens with one attached hydrogen (secondary N) is 2. The molecule has 1 aromatic rings. The normalized spacial score (nSPS) is 22.7. The molecule has 1 fully saturated rings. The third kappa shape index (κ3) is 3.39. The van der Waals surface area contributed by atoms with E-state index in [0.29, 0.717) is 6.04 Å². The Labute approximate surface area is 108 Å². The van der Waals surface area contributed by atoms with Gasteiger partial charge in [-0.2, -0.15) is 0 Å². The summed E-state index contributed by atoms with van der Waals surface area (Å²) < 4.78 is 0. The summed E-state index contributed by atoms with van der Waals surface area (Å²) in [6.45, 7) is 2.26. The van der Waals surface area contributed by atoms with E-state index in [1.165, 1.54) is 25.7 Å². The molecule has 0 spiro atoms. The zero-order chi connectivity index (χ0) is 13.0. The first kappa shape index (κ1) is 12.7. The fourth-order valence-electron chi connectivity index (χ4n) is 2.60. The Morgan fingerprint density at radius 1 is 1.28 bits per heavy atom. The Morgan fingerprint density at radius 3 is 2.50 bits per heavy atom. The second kappa shape index (κ2) is 5.76. The molecule has 2 unspecified atom stereocenters. The van der Waals surface area contributed by atoms with Crippen LogP contribution in [0.2, 0.25) is 0 Å². The summed E-state index contributed by atoms with van der Waals surface area (Å²) >= 11 is 0. The molecular weight excluding hydrogens is 226 g/mol. The summed E-state index contributed by atoms with van der Waals surface area (Å²) in [5.74, 6) is 0.873. The first-order chi connectivity index (χ1) is 8.67. The highest BCUT2D eigenvalue weighted by Crippen LogP contribution is 2.30. The van der Waals surface area contributed by atoms with Crippen LogP contribution in [0.3, 0.4) is 0 Å². The molecule has 4 nitrogen and oxygen atoms in total. The second-order valence-electron chi connectivity index (χ2n) is 5.00. The van der Waals surface area contributed by atoms with Crippen LogP contribution in [0.4, 0.5) is 16.2 Å². The molecule has 1 aromatic carbocycles. The van der Waals surface area contributed by atoms with E-state index in [1.54, 1.807) is 0 Å². The quantitative estimate of drug-likeness (QED) is 0.765. The lowest BCUT2D eigenvalue weighted by Gasteiger charge is -2.14. The molecule has 1 saturated carbocycles. The van der Waals surface area contributed by atoms with Crippen LogP contribution in [0.15, 0.2) is 24.3 Å². The molecular formula is C14H21N3O. The lowest BCUT2D eigenvalue weighted by molar-refractivity contribution is 0.259. The van der Waals surface area contributed by atoms with Gasteiger partial charge in [0.15, 0.2) is 0 Å². The van der Waals surface area contributed by atoms with Crippen molar-refractivity contribution in [2.24, 2.45) is 11.7 Å². The molecule has 1 aliphatic rings. The lowest BCUT2D eigenvalue weighted by Crippen LogP contribution is -2.19.